The predicted octanol–water partition coefficient (Wildman–Crippen LogP) is 3.47. The molecule has 0 radical (unpaired) electrons. The molecular formula is C25H28N4O5S. The summed E-state index contributed by atoms with van der Waals surface area (Å²) in [6.45, 7) is 7.42. The largest absolute Gasteiger partial charge is 0.337 e. The summed E-state index contributed by atoms with van der Waals surface area (Å²) in [6, 6.07) is 12.4. The Balaban J connectivity index is 1.59. The van der Waals surface area contributed by atoms with Crippen LogP contribution in [0.25, 0.3) is 11.4 Å². The SMILES string of the molecule is Cc1ccc(S(=O)(=O)N2C(=O)CC[C@H]2C(=O)N(Cc2nc(-c3cccc(C)c3)no2)C(C)C)cc1. The maximum absolute atomic E-state index is 13.6. The van der Waals surface area contributed by atoms with Crippen LogP contribution in [0.5, 0.6) is 0 Å². The molecule has 1 saturated heterocycles. The van der Waals surface area contributed by atoms with E-state index in [0.717, 1.165) is 21.0 Å². The van der Waals surface area contributed by atoms with Crippen molar-refractivity contribution in [2.75, 3.05) is 0 Å². The van der Waals surface area contributed by atoms with E-state index in [1.54, 1.807) is 12.1 Å². The second-order valence-corrected chi connectivity index (χ2v) is 10.8. The zero-order chi connectivity index (χ0) is 25.3. The van der Waals surface area contributed by atoms with Crippen LogP contribution in [-0.2, 0) is 26.2 Å². The van der Waals surface area contributed by atoms with Crippen LogP contribution < -0.4 is 0 Å². The normalized spacial score (nSPS) is 16.2. The summed E-state index contributed by atoms with van der Waals surface area (Å²) < 4.78 is 32.7. The summed E-state index contributed by atoms with van der Waals surface area (Å²) in [7, 11) is -4.18. The molecule has 1 aromatic heterocycles. The molecule has 0 aliphatic carbocycles. The molecule has 0 spiro atoms. The fourth-order valence-corrected chi connectivity index (χ4v) is 5.68. The number of sulfonamides is 1. The van der Waals surface area contributed by atoms with E-state index in [1.807, 2.05) is 52.0 Å². The predicted molar refractivity (Wildman–Crippen MR) is 128 cm³/mol. The fourth-order valence-electron chi connectivity index (χ4n) is 4.08. The lowest BCUT2D eigenvalue weighted by Crippen LogP contribution is -2.50. The van der Waals surface area contributed by atoms with E-state index in [0.29, 0.717) is 5.82 Å². The molecule has 2 heterocycles. The Morgan fingerprint density at radius 1 is 1.14 bits per heavy atom. The van der Waals surface area contributed by atoms with E-state index in [9.17, 15) is 18.0 Å². The van der Waals surface area contributed by atoms with Gasteiger partial charge in [0.1, 0.15) is 12.6 Å². The number of benzene rings is 2. The molecule has 1 aliphatic heterocycles. The number of rotatable bonds is 7. The minimum Gasteiger partial charge on any atom is -0.337 e. The van der Waals surface area contributed by atoms with E-state index in [2.05, 4.69) is 10.1 Å². The number of nitrogens with zero attached hydrogens (tertiary/aromatic N) is 4. The minimum atomic E-state index is -4.18. The Morgan fingerprint density at radius 2 is 1.86 bits per heavy atom. The Kier molecular flexibility index (Phi) is 6.75. The number of carbonyl (C=O) groups is 2. The number of amides is 2. The van der Waals surface area contributed by atoms with Crippen molar-refractivity contribution in [3.05, 3.63) is 65.5 Å². The number of hydrogen-bond donors (Lipinski definition) is 0. The molecule has 2 amide bonds. The highest BCUT2D eigenvalue weighted by molar-refractivity contribution is 7.89. The van der Waals surface area contributed by atoms with Gasteiger partial charge in [-0.2, -0.15) is 4.98 Å². The van der Waals surface area contributed by atoms with Crippen molar-refractivity contribution in [1.29, 1.82) is 0 Å². The second-order valence-electron chi connectivity index (χ2n) is 9.00. The number of aryl methyl sites for hydroxylation is 2. The smallest absolute Gasteiger partial charge is 0.267 e. The van der Waals surface area contributed by atoms with Crippen LogP contribution in [0.4, 0.5) is 0 Å². The van der Waals surface area contributed by atoms with Crippen molar-refractivity contribution in [3.8, 4) is 11.4 Å². The van der Waals surface area contributed by atoms with Gasteiger partial charge in [-0.3, -0.25) is 9.59 Å². The topological polar surface area (TPSA) is 114 Å². The molecule has 0 N–H and O–H groups in total. The Morgan fingerprint density at radius 3 is 2.51 bits per heavy atom. The van der Waals surface area contributed by atoms with Crippen molar-refractivity contribution >= 4 is 21.8 Å². The minimum absolute atomic E-state index is 0.00156. The van der Waals surface area contributed by atoms with Gasteiger partial charge in [0.15, 0.2) is 0 Å². The van der Waals surface area contributed by atoms with Crippen LogP contribution in [0.15, 0.2) is 57.9 Å². The molecule has 9 nitrogen and oxygen atoms in total. The lowest BCUT2D eigenvalue weighted by molar-refractivity contribution is -0.140. The Hall–Kier alpha value is -3.53. The third kappa shape index (κ3) is 4.97. The summed E-state index contributed by atoms with van der Waals surface area (Å²) in [5, 5.41) is 4.03. The molecule has 1 fully saturated rings. The molecule has 35 heavy (non-hydrogen) atoms. The number of hydrogen-bond acceptors (Lipinski definition) is 7. The molecule has 10 heteroatoms. The maximum atomic E-state index is 13.6. The van der Waals surface area contributed by atoms with Gasteiger partial charge < -0.3 is 9.42 Å². The third-order valence-corrected chi connectivity index (χ3v) is 7.82. The van der Waals surface area contributed by atoms with Crippen LogP contribution in [0.1, 0.15) is 43.7 Å². The van der Waals surface area contributed by atoms with Gasteiger partial charge in [-0.15, -0.1) is 0 Å². The van der Waals surface area contributed by atoms with Crippen LogP contribution in [0, 0.1) is 13.8 Å². The maximum Gasteiger partial charge on any atom is 0.267 e. The van der Waals surface area contributed by atoms with E-state index in [1.165, 1.54) is 17.0 Å². The standard InChI is InChI=1S/C25H28N4O5S/c1-16(2)28(15-22-26-24(27-34-22)19-7-5-6-18(4)14-19)25(31)21-12-13-23(30)29(21)35(32,33)20-10-8-17(3)9-11-20/h5-11,14,16,21H,12-13,15H2,1-4H3/t21-/m0/s1. The molecule has 1 aliphatic rings. The van der Waals surface area contributed by atoms with Crippen molar-refractivity contribution in [2.24, 2.45) is 0 Å². The van der Waals surface area contributed by atoms with E-state index < -0.39 is 27.9 Å². The first-order valence-electron chi connectivity index (χ1n) is 11.4. The summed E-state index contributed by atoms with van der Waals surface area (Å²) in [5.41, 5.74) is 2.73. The van der Waals surface area contributed by atoms with Crippen molar-refractivity contribution in [2.45, 2.75) is 64.1 Å². The highest BCUT2D eigenvalue weighted by Gasteiger charge is 2.46. The molecule has 184 valence electrons. The molecule has 0 saturated carbocycles. The van der Waals surface area contributed by atoms with Crippen molar-refractivity contribution < 1.29 is 22.5 Å². The lowest BCUT2D eigenvalue weighted by atomic mass is 10.1. The molecule has 2 aromatic carbocycles. The highest BCUT2D eigenvalue weighted by atomic mass is 32.2. The molecule has 0 unspecified atom stereocenters. The fraction of sp³-hybridized carbons (Fsp3) is 0.360. The van der Waals surface area contributed by atoms with Crippen molar-refractivity contribution in [1.82, 2.24) is 19.3 Å². The van der Waals surface area contributed by atoms with E-state index >= 15 is 0 Å². The van der Waals surface area contributed by atoms with Gasteiger partial charge in [0.25, 0.3) is 10.0 Å². The highest BCUT2D eigenvalue weighted by Crippen LogP contribution is 2.29. The second kappa shape index (κ2) is 9.61. The van der Waals surface area contributed by atoms with Gasteiger partial charge in [-0.1, -0.05) is 46.6 Å². The average Bonchev–Trinajstić information content (AvgIpc) is 3.44. The zero-order valence-electron chi connectivity index (χ0n) is 20.1. The third-order valence-electron chi connectivity index (χ3n) is 5.98. The van der Waals surface area contributed by atoms with Gasteiger partial charge in [-0.25, -0.2) is 12.7 Å². The van der Waals surface area contributed by atoms with E-state index in [4.69, 9.17) is 4.52 Å². The van der Waals surface area contributed by atoms with Gasteiger partial charge in [0, 0.05) is 18.0 Å². The van der Waals surface area contributed by atoms with Crippen LogP contribution in [0.3, 0.4) is 0 Å². The summed E-state index contributed by atoms with van der Waals surface area (Å²) >= 11 is 0. The summed E-state index contributed by atoms with van der Waals surface area (Å²) in [4.78, 5) is 32.1. The molecule has 3 aromatic rings. The molecule has 1 atom stereocenters. The first kappa shape index (κ1) is 24.6. The number of carbonyl (C=O) groups excluding carboxylic acids is 2. The van der Waals surface area contributed by atoms with Crippen LogP contribution in [-0.4, -0.2) is 51.7 Å². The molecular weight excluding hydrogens is 468 g/mol. The Labute approximate surface area is 204 Å². The van der Waals surface area contributed by atoms with Gasteiger partial charge >= 0.3 is 0 Å². The molecule has 0 bridgehead atoms. The average molecular weight is 497 g/mol. The summed E-state index contributed by atoms with van der Waals surface area (Å²) in [5.74, 6) is -0.440. The monoisotopic (exact) mass is 496 g/mol. The number of aromatic nitrogens is 2. The van der Waals surface area contributed by atoms with Gasteiger partial charge in [0.05, 0.1) is 4.90 Å². The Bertz CT molecular complexity index is 1350. The molecule has 4 rings (SSSR count). The first-order valence-corrected chi connectivity index (χ1v) is 12.9. The first-order chi connectivity index (χ1) is 16.6. The van der Waals surface area contributed by atoms with Gasteiger partial charge in [-0.05, 0) is 52.3 Å². The van der Waals surface area contributed by atoms with Crippen molar-refractivity contribution in [3.63, 3.8) is 0 Å². The zero-order valence-corrected chi connectivity index (χ0v) is 20.9. The quantitative estimate of drug-likeness (QED) is 0.492. The van der Waals surface area contributed by atoms with Gasteiger partial charge in [0.2, 0.25) is 23.5 Å². The van der Waals surface area contributed by atoms with Crippen LogP contribution in [0.2, 0.25) is 0 Å². The van der Waals surface area contributed by atoms with Crippen LogP contribution >= 0.6 is 0 Å². The van der Waals surface area contributed by atoms with E-state index in [-0.39, 0.29) is 36.2 Å². The summed E-state index contributed by atoms with van der Waals surface area (Å²) in [6.07, 6.45) is 0.0931. The lowest BCUT2D eigenvalue weighted by Gasteiger charge is -2.31.